The number of alkyl halides is 3. The van der Waals surface area contributed by atoms with Crippen molar-refractivity contribution in [1.29, 1.82) is 0 Å². The molecule has 0 aliphatic rings. The van der Waals surface area contributed by atoms with Crippen LogP contribution < -0.4 is 15.6 Å². The first-order chi connectivity index (χ1) is 15.4. The first-order valence-corrected chi connectivity index (χ1v) is 10.5. The van der Waals surface area contributed by atoms with Gasteiger partial charge in [-0.05, 0) is 75.6 Å². The highest BCUT2D eigenvalue weighted by Gasteiger charge is 2.38. The molecular weight excluding hydrogens is 435 g/mol. The van der Waals surface area contributed by atoms with Gasteiger partial charge in [0, 0.05) is 6.54 Å². The zero-order valence-corrected chi connectivity index (χ0v) is 19.1. The van der Waals surface area contributed by atoms with Crippen molar-refractivity contribution in [2.45, 2.75) is 59.5 Å². The van der Waals surface area contributed by atoms with Crippen LogP contribution in [0.25, 0.3) is 11.0 Å². The molecule has 9 heteroatoms. The quantitative estimate of drug-likeness (QED) is 0.578. The first-order valence-electron chi connectivity index (χ1n) is 10.5. The Bertz CT molecular complexity index is 1230. The number of benzene rings is 2. The van der Waals surface area contributed by atoms with E-state index < -0.39 is 29.4 Å². The van der Waals surface area contributed by atoms with E-state index in [1.165, 1.54) is 13.0 Å². The number of ether oxygens (including phenoxy) is 1. The molecule has 0 fully saturated rings. The Morgan fingerprint density at radius 3 is 2.27 bits per heavy atom. The monoisotopic (exact) mass is 461 g/mol. The number of nitrogens with zero attached hydrogens (tertiary/aromatic N) is 2. The van der Waals surface area contributed by atoms with E-state index in [1.54, 1.807) is 44.2 Å². The number of carbonyl (C=O) groups excluding carboxylic acids is 1. The molecule has 1 atom stereocenters. The highest BCUT2D eigenvalue weighted by Crippen LogP contribution is 2.28. The molecule has 0 saturated carbocycles. The van der Waals surface area contributed by atoms with Crippen LogP contribution in [0.1, 0.15) is 49.2 Å². The minimum absolute atomic E-state index is 0.00502. The summed E-state index contributed by atoms with van der Waals surface area (Å²) >= 11 is 0. The van der Waals surface area contributed by atoms with E-state index >= 15 is 0 Å². The summed E-state index contributed by atoms with van der Waals surface area (Å²) in [6.45, 7) is 8.88. The fraction of sp³-hybridized carbons (Fsp3) is 0.375. The Hall–Kier alpha value is -3.36. The van der Waals surface area contributed by atoms with E-state index in [0.29, 0.717) is 5.75 Å². The number of aromatic nitrogens is 2. The van der Waals surface area contributed by atoms with Crippen LogP contribution in [0.4, 0.5) is 13.2 Å². The van der Waals surface area contributed by atoms with E-state index in [4.69, 9.17) is 4.74 Å². The summed E-state index contributed by atoms with van der Waals surface area (Å²) in [5.41, 5.74) is -0.432. The van der Waals surface area contributed by atoms with Gasteiger partial charge in [0.15, 0.2) is 0 Å². The standard InChI is InChI=1S/C24H26F3N3O3/c1-13(2)33-18-8-6-17(7-9-18)12-28-22(31)16(5)30-20-11-15(4)14(3)10-19(20)29-21(23(30)32)24(25,26)27/h6-11,13,16H,12H2,1-5H3,(H,28,31)/t16-/m0/s1. The lowest BCUT2D eigenvalue weighted by molar-refractivity contribution is -0.142. The van der Waals surface area contributed by atoms with Gasteiger partial charge in [-0.15, -0.1) is 0 Å². The van der Waals surface area contributed by atoms with Crippen molar-refractivity contribution in [3.63, 3.8) is 0 Å². The number of fused-ring (bicyclic) bond motifs is 1. The molecular formula is C24H26F3N3O3. The van der Waals surface area contributed by atoms with Crippen molar-refractivity contribution in [2.24, 2.45) is 0 Å². The molecule has 1 aromatic heterocycles. The highest BCUT2D eigenvalue weighted by molar-refractivity contribution is 5.84. The maximum Gasteiger partial charge on any atom is 0.438 e. The smallest absolute Gasteiger partial charge is 0.438 e. The molecule has 0 aliphatic carbocycles. The molecule has 176 valence electrons. The van der Waals surface area contributed by atoms with Crippen LogP contribution in [0.2, 0.25) is 0 Å². The van der Waals surface area contributed by atoms with Crippen LogP contribution in [-0.2, 0) is 17.5 Å². The third-order valence-corrected chi connectivity index (χ3v) is 5.30. The number of rotatable bonds is 6. The van der Waals surface area contributed by atoms with Gasteiger partial charge in [0.2, 0.25) is 11.6 Å². The molecule has 3 aromatic rings. The molecule has 33 heavy (non-hydrogen) atoms. The third kappa shape index (κ3) is 5.35. The van der Waals surface area contributed by atoms with Gasteiger partial charge in [0.05, 0.1) is 17.1 Å². The molecule has 1 N–H and O–H groups in total. The average molecular weight is 461 g/mol. The topological polar surface area (TPSA) is 73.2 Å². The second kappa shape index (κ2) is 9.25. The largest absolute Gasteiger partial charge is 0.491 e. The van der Waals surface area contributed by atoms with Crippen molar-refractivity contribution in [3.8, 4) is 5.75 Å². The second-order valence-corrected chi connectivity index (χ2v) is 8.26. The fourth-order valence-electron chi connectivity index (χ4n) is 3.44. The molecule has 3 rings (SSSR count). The zero-order chi connectivity index (χ0) is 24.5. The lowest BCUT2D eigenvalue weighted by atomic mass is 10.1. The third-order valence-electron chi connectivity index (χ3n) is 5.30. The normalized spacial score (nSPS) is 12.8. The zero-order valence-electron chi connectivity index (χ0n) is 19.1. The molecule has 1 heterocycles. The highest BCUT2D eigenvalue weighted by atomic mass is 19.4. The molecule has 0 aliphatic heterocycles. The number of amides is 1. The Kier molecular flexibility index (Phi) is 6.81. The van der Waals surface area contributed by atoms with Crippen LogP contribution in [0.3, 0.4) is 0 Å². The molecule has 0 unspecified atom stereocenters. The second-order valence-electron chi connectivity index (χ2n) is 8.26. The fourth-order valence-corrected chi connectivity index (χ4v) is 3.44. The van der Waals surface area contributed by atoms with Gasteiger partial charge in [-0.25, -0.2) is 4.98 Å². The lowest BCUT2D eigenvalue weighted by Crippen LogP contribution is -2.39. The van der Waals surface area contributed by atoms with Crippen LogP contribution in [0, 0.1) is 13.8 Å². The summed E-state index contributed by atoms with van der Waals surface area (Å²) in [4.78, 5) is 29.2. The lowest BCUT2D eigenvalue weighted by Gasteiger charge is -2.20. The Labute approximate surface area is 189 Å². The van der Waals surface area contributed by atoms with Crippen LogP contribution in [-0.4, -0.2) is 21.6 Å². The van der Waals surface area contributed by atoms with Crippen molar-refractivity contribution in [2.75, 3.05) is 0 Å². The van der Waals surface area contributed by atoms with Crippen molar-refractivity contribution in [1.82, 2.24) is 14.9 Å². The molecule has 1 amide bonds. The number of halogens is 3. The van der Waals surface area contributed by atoms with Crippen LogP contribution in [0.5, 0.6) is 5.75 Å². The summed E-state index contributed by atoms with van der Waals surface area (Å²) < 4.78 is 46.9. The minimum Gasteiger partial charge on any atom is -0.491 e. The maximum atomic E-state index is 13.5. The average Bonchev–Trinajstić information content (AvgIpc) is 2.72. The van der Waals surface area contributed by atoms with E-state index in [2.05, 4.69) is 10.3 Å². The summed E-state index contributed by atoms with van der Waals surface area (Å²) in [5, 5.41) is 2.69. The van der Waals surface area contributed by atoms with E-state index in [9.17, 15) is 22.8 Å². The Morgan fingerprint density at radius 2 is 1.70 bits per heavy atom. The van der Waals surface area contributed by atoms with Crippen LogP contribution >= 0.6 is 0 Å². The number of nitrogens with one attached hydrogen (secondary N) is 1. The number of carbonyl (C=O) groups is 1. The molecule has 0 radical (unpaired) electrons. The predicted molar refractivity (Wildman–Crippen MR) is 119 cm³/mol. The van der Waals surface area contributed by atoms with Gasteiger partial charge in [-0.1, -0.05) is 12.1 Å². The SMILES string of the molecule is Cc1cc2nc(C(F)(F)F)c(=O)n([C@@H](C)C(=O)NCc3ccc(OC(C)C)cc3)c2cc1C. The minimum atomic E-state index is -4.94. The number of aryl methyl sites for hydroxylation is 2. The number of hydrogen-bond acceptors (Lipinski definition) is 4. The van der Waals surface area contributed by atoms with Crippen molar-refractivity contribution < 1.29 is 22.7 Å². The molecule has 0 saturated heterocycles. The van der Waals surface area contributed by atoms with Crippen molar-refractivity contribution in [3.05, 3.63) is 69.1 Å². The summed E-state index contributed by atoms with van der Waals surface area (Å²) in [5.74, 6) is 0.104. The molecule has 0 bridgehead atoms. The summed E-state index contributed by atoms with van der Waals surface area (Å²) in [6.07, 6.45) is -4.92. The van der Waals surface area contributed by atoms with Crippen LogP contribution in [0.15, 0.2) is 41.2 Å². The number of hydrogen-bond donors (Lipinski definition) is 1. The molecule has 6 nitrogen and oxygen atoms in total. The first kappa shape index (κ1) is 24.3. The van der Waals surface area contributed by atoms with Gasteiger partial charge in [0.25, 0.3) is 5.56 Å². The van der Waals surface area contributed by atoms with E-state index in [1.807, 2.05) is 13.8 Å². The molecule has 2 aromatic carbocycles. The van der Waals surface area contributed by atoms with Gasteiger partial charge in [0.1, 0.15) is 11.8 Å². The van der Waals surface area contributed by atoms with Gasteiger partial charge in [-0.2, -0.15) is 13.2 Å². The van der Waals surface area contributed by atoms with Gasteiger partial charge < -0.3 is 10.1 Å². The van der Waals surface area contributed by atoms with E-state index in [-0.39, 0.29) is 23.7 Å². The Balaban J connectivity index is 1.92. The predicted octanol–water partition coefficient (Wildman–Crippen LogP) is 4.70. The molecule has 0 spiro atoms. The van der Waals surface area contributed by atoms with E-state index in [0.717, 1.165) is 21.3 Å². The summed E-state index contributed by atoms with van der Waals surface area (Å²) in [6, 6.07) is 8.99. The van der Waals surface area contributed by atoms with Gasteiger partial charge in [-0.3, -0.25) is 14.2 Å². The Morgan fingerprint density at radius 1 is 1.09 bits per heavy atom. The van der Waals surface area contributed by atoms with Crippen molar-refractivity contribution >= 4 is 16.9 Å². The van der Waals surface area contributed by atoms with Gasteiger partial charge >= 0.3 is 6.18 Å². The summed E-state index contributed by atoms with van der Waals surface area (Å²) in [7, 11) is 0. The maximum absolute atomic E-state index is 13.5.